The van der Waals surface area contributed by atoms with Crippen LogP contribution >= 0.6 is 0 Å². The lowest BCUT2D eigenvalue weighted by molar-refractivity contribution is -0.300. The molecular formula is C16H18O7. The maximum Gasteiger partial charge on any atom is 0.309 e. The number of aliphatic carboxylic acids is 1. The number of carboxylic acid groups (broad SMARTS) is 1. The number of benzene rings is 1. The minimum atomic E-state index is -0.942. The monoisotopic (exact) mass is 322 g/mol. The van der Waals surface area contributed by atoms with Gasteiger partial charge in [-0.25, -0.2) is 0 Å². The van der Waals surface area contributed by atoms with Crippen LogP contribution in [0.5, 0.6) is 5.75 Å². The average Bonchev–Trinajstić information content (AvgIpc) is 3.29. The Morgan fingerprint density at radius 2 is 2.13 bits per heavy atom. The Labute approximate surface area is 132 Å². The lowest BCUT2D eigenvalue weighted by Crippen LogP contribution is -2.53. The first-order valence-electron chi connectivity index (χ1n) is 7.57. The fourth-order valence-corrected chi connectivity index (χ4v) is 3.54. The Balaban J connectivity index is 1.51. The fourth-order valence-electron chi connectivity index (χ4n) is 3.54. The quantitative estimate of drug-likeness (QED) is 0.840. The normalized spacial score (nSPS) is 41.6. The summed E-state index contributed by atoms with van der Waals surface area (Å²) < 4.78 is 22.5. The summed E-state index contributed by atoms with van der Waals surface area (Å²) in [6.07, 6.45) is -2.98. The van der Waals surface area contributed by atoms with Gasteiger partial charge in [0.2, 0.25) is 0 Å². The third kappa shape index (κ3) is 2.40. The van der Waals surface area contributed by atoms with E-state index < -0.39 is 48.5 Å². The lowest BCUT2D eigenvalue weighted by atomic mass is 9.99. The highest BCUT2D eigenvalue weighted by atomic mass is 16.7. The molecule has 0 bridgehead atoms. The number of aliphatic hydroxyl groups excluding tert-OH is 1. The highest BCUT2D eigenvalue weighted by Crippen LogP contribution is 2.52. The van der Waals surface area contributed by atoms with Crippen LogP contribution in [0.4, 0.5) is 0 Å². The van der Waals surface area contributed by atoms with Crippen molar-refractivity contribution in [1.29, 1.82) is 0 Å². The zero-order valence-corrected chi connectivity index (χ0v) is 12.5. The molecule has 7 heteroatoms. The van der Waals surface area contributed by atoms with Gasteiger partial charge in [-0.15, -0.1) is 0 Å². The van der Waals surface area contributed by atoms with E-state index in [4.69, 9.17) is 24.1 Å². The number of hydrogen-bond acceptors (Lipinski definition) is 6. The van der Waals surface area contributed by atoms with E-state index in [-0.39, 0.29) is 6.61 Å². The minimum Gasteiger partial charge on any atom is -0.497 e. The van der Waals surface area contributed by atoms with E-state index in [9.17, 15) is 9.90 Å². The minimum absolute atomic E-state index is 0.249. The van der Waals surface area contributed by atoms with Gasteiger partial charge >= 0.3 is 5.97 Å². The zero-order valence-electron chi connectivity index (χ0n) is 12.5. The van der Waals surface area contributed by atoms with Gasteiger partial charge in [0.1, 0.15) is 18.0 Å². The second kappa shape index (κ2) is 5.45. The first-order valence-corrected chi connectivity index (χ1v) is 7.57. The molecule has 7 atom stereocenters. The van der Waals surface area contributed by atoms with Crippen LogP contribution in [-0.4, -0.2) is 54.3 Å². The van der Waals surface area contributed by atoms with Crippen molar-refractivity contribution >= 4 is 5.97 Å². The number of ether oxygens (including phenoxy) is 4. The van der Waals surface area contributed by atoms with Gasteiger partial charge in [0.25, 0.3) is 0 Å². The summed E-state index contributed by atoms with van der Waals surface area (Å²) in [7, 11) is 1.58. The van der Waals surface area contributed by atoms with Crippen LogP contribution in [0.1, 0.15) is 11.9 Å². The summed E-state index contributed by atoms with van der Waals surface area (Å²) in [5.41, 5.74) is 0.780. The topological polar surface area (TPSA) is 94.5 Å². The Bertz CT molecular complexity index is 618. The summed E-state index contributed by atoms with van der Waals surface area (Å²) in [6.45, 7) is 0.249. The van der Waals surface area contributed by atoms with Gasteiger partial charge in [0, 0.05) is 11.5 Å². The molecule has 2 heterocycles. The Morgan fingerprint density at radius 3 is 2.87 bits per heavy atom. The van der Waals surface area contributed by atoms with Crippen molar-refractivity contribution in [2.75, 3.05) is 13.7 Å². The number of carboxylic acids is 1. The lowest BCUT2D eigenvalue weighted by Gasteiger charge is -2.41. The van der Waals surface area contributed by atoms with Gasteiger partial charge in [-0.1, -0.05) is 12.1 Å². The van der Waals surface area contributed by atoms with Crippen molar-refractivity contribution in [3.8, 4) is 5.75 Å². The van der Waals surface area contributed by atoms with E-state index in [2.05, 4.69) is 0 Å². The molecule has 0 radical (unpaired) electrons. The molecule has 3 aliphatic rings. The standard InChI is InChI=1S/C16H18O7/c1-20-8-4-2-3-7(5-8)16-21-6-9-13(23-16)12(17)10-11(15(18)19)14(10)22-9/h2-5,9-14,16-17H,6H2,1H3,(H,18,19)/t9-,10-,11?,12-,13-,14+,16-/m1/s1. The van der Waals surface area contributed by atoms with Crippen molar-refractivity contribution in [1.82, 2.24) is 0 Å². The Morgan fingerprint density at radius 1 is 1.30 bits per heavy atom. The molecule has 0 aromatic heterocycles. The van der Waals surface area contributed by atoms with Crippen LogP contribution in [-0.2, 0) is 19.0 Å². The van der Waals surface area contributed by atoms with E-state index in [1.807, 2.05) is 18.2 Å². The van der Waals surface area contributed by atoms with Gasteiger partial charge in [0.05, 0.1) is 31.8 Å². The van der Waals surface area contributed by atoms with Crippen molar-refractivity contribution in [2.24, 2.45) is 11.8 Å². The number of rotatable bonds is 3. The third-order valence-corrected chi connectivity index (χ3v) is 4.78. The second-order valence-electron chi connectivity index (χ2n) is 6.11. The van der Waals surface area contributed by atoms with Crippen LogP contribution < -0.4 is 4.74 Å². The molecule has 1 unspecified atom stereocenters. The van der Waals surface area contributed by atoms with E-state index >= 15 is 0 Å². The van der Waals surface area contributed by atoms with E-state index in [0.29, 0.717) is 5.75 Å². The molecule has 1 saturated carbocycles. The van der Waals surface area contributed by atoms with Gasteiger partial charge in [-0.3, -0.25) is 4.79 Å². The van der Waals surface area contributed by atoms with Gasteiger partial charge in [0.15, 0.2) is 6.29 Å². The van der Waals surface area contributed by atoms with Crippen molar-refractivity contribution < 1.29 is 34.0 Å². The molecule has 0 spiro atoms. The molecule has 4 rings (SSSR count). The first-order chi connectivity index (χ1) is 11.1. The highest BCUT2D eigenvalue weighted by molar-refractivity contribution is 5.75. The van der Waals surface area contributed by atoms with Crippen LogP contribution in [0, 0.1) is 11.8 Å². The van der Waals surface area contributed by atoms with Crippen LogP contribution in [0.15, 0.2) is 24.3 Å². The maximum absolute atomic E-state index is 11.2. The Hall–Kier alpha value is -1.67. The van der Waals surface area contributed by atoms with E-state index in [1.54, 1.807) is 13.2 Å². The van der Waals surface area contributed by atoms with Gasteiger partial charge in [-0.05, 0) is 12.1 Å². The van der Waals surface area contributed by atoms with Crippen LogP contribution in [0.3, 0.4) is 0 Å². The van der Waals surface area contributed by atoms with Crippen molar-refractivity contribution in [3.05, 3.63) is 29.8 Å². The molecule has 2 N–H and O–H groups in total. The zero-order chi connectivity index (χ0) is 16.1. The highest BCUT2D eigenvalue weighted by Gasteiger charge is 2.67. The smallest absolute Gasteiger partial charge is 0.309 e. The van der Waals surface area contributed by atoms with Crippen LogP contribution in [0.25, 0.3) is 0 Å². The Kier molecular flexibility index (Phi) is 3.53. The second-order valence-corrected chi connectivity index (χ2v) is 6.11. The molecule has 3 fully saturated rings. The van der Waals surface area contributed by atoms with E-state index in [0.717, 1.165) is 5.56 Å². The largest absolute Gasteiger partial charge is 0.497 e. The summed E-state index contributed by atoms with van der Waals surface area (Å²) in [6, 6.07) is 7.31. The third-order valence-electron chi connectivity index (χ3n) is 4.78. The molecule has 2 aliphatic heterocycles. The molecule has 1 aromatic carbocycles. The number of aliphatic hydroxyl groups is 1. The summed E-state index contributed by atoms with van der Waals surface area (Å²) in [5.74, 6) is -1.32. The van der Waals surface area contributed by atoms with Crippen molar-refractivity contribution in [2.45, 2.75) is 30.7 Å². The predicted molar refractivity (Wildman–Crippen MR) is 75.8 cm³/mol. The molecule has 2 saturated heterocycles. The average molecular weight is 322 g/mol. The maximum atomic E-state index is 11.2. The summed E-state index contributed by atoms with van der Waals surface area (Å²) in [4.78, 5) is 11.2. The van der Waals surface area contributed by atoms with Gasteiger partial charge < -0.3 is 29.2 Å². The number of fused-ring (bicyclic) bond motifs is 2. The molecule has 1 aromatic rings. The SMILES string of the molecule is COc1cccc([C@@H]2OC[C@H]3O[C@@H]4C(C(=O)O)[C@@H]4[C@@H](O)[C@@H]3O2)c1. The summed E-state index contributed by atoms with van der Waals surface area (Å²) >= 11 is 0. The molecule has 23 heavy (non-hydrogen) atoms. The van der Waals surface area contributed by atoms with E-state index in [1.165, 1.54) is 0 Å². The van der Waals surface area contributed by atoms with Gasteiger partial charge in [-0.2, -0.15) is 0 Å². The molecular weight excluding hydrogens is 304 g/mol. The van der Waals surface area contributed by atoms with Crippen LogP contribution in [0.2, 0.25) is 0 Å². The number of hydrogen-bond donors (Lipinski definition) is 2. The molecule has 0 amide bonds. The number of carbonyl (C=O) groups is 1. The van der Waals surface area contributed by atoms with Crippen molar-refractivity contribution in [3.63, 3.8) is 0 Å². The summed E-state index contributed by atoms with van der Waals surface area (Å²) in [5, 5.41) is 19.6. The fraction of sp³-hybridized carbons (Fsp3) is 0.562. The molecule has 1 aliphatic carbocycles. The molecule has 124 valence electrons. The predicted octanol–water partition coefficient (Wildman–Crippen LogP) is 0.568. The number of methoxy groups -OCH3 is 1. The molecule has 7 nitrogen and oxygen atoms in total. The first kappa shape index (κ1) is 14.9.